The third-order valence-electron chi connectivity index (χ3n) is 4.05. The predicted octanol–water partition coefficient (Wildman–Crippen LogP) is 3.68. The van der Waals surface area contributed by atoms with Crippen LogP contribution in [-0.4, -0.2) is 36.9 Å². The number of benzene rings is 2. The zero-order valence-electron chi connectivity index (χ0n) is 16.1. The van der Waals surface area contributed by atoms with Crippen molar-refractivity contribution in [1.29, 1.82) is 0 Å². The van der Waals surface area contributed by atoms with Gasteiger partial charge in [0, 0.05) is 28.1 Å². The Balaban J connectivity index is 2.06. The highest BCUT2D eigenvalue weighted by Gasteiger charge is 2.28. The maximum Gasteiger partial charge on any atom is 0.405 e. The minimum atomic E-state index is -4.60. The van der Waals surface area contributed by atoms with Crippen LogP contribution in [0.25, 0.3) is 0 Å². The van der Waals surface area contributed by atoms with E-state index >= 15 is 0 Å². The van der Waals surface area contributed by atoms with Crippen LogP contribution in [0.3, 0.4) is 0 Å². The SMILES string of the molecule is CC(=O)c1cccc(NC(=O)CNc2cc(C(=O)NCC(F)(F)F)cc(F)c2C)c1. The van der Waals surface area contributed by atoms with Gasteiger partial charge in [-0.3, -0.25) is 14.4 Å². The number of amides is 2. The second-order valence-electron chi connectivity index (χ2n) is 6.47. The quantitative estimate of drug-likeness (QED) is 0.467. The van der Waals surface area contributed by atoms with Crippen molar-refractivity contribution in [3.63, 3.8) is 0 Å². The van der Waals surface area contributed by atoms with Crippen molar-refractivity contribution in [3.8, 4) is 0 Å². The molecular formula is C20H19F4N3O3. The van der Waals surface area contributed by atoms with E-state index in [-0.39, 0.29) is 29.1 Å². The molecule has 6 nitrogen and oxygen atoms in total. The molecule has 2 aromatic rings. The standard InChI is InChI=1S/C20H19F4N3O3/c1-11-16(21)7-14(19(30)26-10-20(22,23)24)8-17(11)25-9-18(29)27-15-5-3-4-13(6-15)12(2)28/h3-8,25H,9-10H2,1-2H3,(H,26,30)(H,27,29). The van der Waals surface area contributed by atoms with Crippen LogP contribution in [0.2, 0.25) is 0 Å². The van der Waals surface area contributed by atoms with Gasteiger partial charge in [-0.25, -0.2) is 4.39 Å². The number of hydrogen-bond acceptors (Lipinski definition) is 4. The number of carbonyl (C=O) groups is 3. The molecule has 3 N–H and O–H groups in total. The number of anilines is 2. The molecule has 0 saturated carbocycles. The summed E-state index contributed by atoms with van der Waals surface area (Å²) in [4.78, 5) is 35.4. The molecule has 0 unspecified atom stereocenters. The summed E-state index contributed by atoms with van der Waals surface area (Å²) in [5, 5.41) is 6.88. The van der Waals surface area contributed by atoms with E-state index in [1.165, 1.54) is 19.9 Å². The summed E-state index contributed by atoms with van der Waals surface area (Å²) >= 11 is 0. The molecule has 0 bridgehead atoms. The Morgan fingerprint density at radius 3 is 2.37 bits per heavy atom. The lowest BCUT2D eigenvalue weighted by Gasteiger charge is -2.14. The summed E-state index contributed by atoms with van der Waals surface area (Å²) < 4.78 is 50.8. The van der Waals surface area contributed by atoms with Gasteiger partial charge in [0.15, 0.2) is 5.78 Å². The first kappa shape index (κ1) is 22.9. The van der Waals surface area contributed by atoms with E-state index in [9.17, 15) is 31.9 Å². The second-order valence-corrected chi connectivity index (χ2v) is 6.47. The summed E-state index contributed by atoms with van der Waals surface area (Å²) in [7, 11) is 0. The van der Waals surface area contributed by atoms with Gasteiger partial charge in [0.05, 0.1) is 6.54 Å². The summed E-state index contributed by atoms with van der Waals surface area (Å²) in [6.07, 6.45) is -4.60. The van der Waals surface area contributed by atoms with Gasteiger partial charge < -0.3 is 16.0 Å². The molecular weight excluding hydrogens is 406 g/mol. The number of rotatable bonds is 7. The molecule has 0 saturated heterocycles. The maximum absolute atomic E-state index is 14.1. The van der Waals surface area contributed by atoms with Gasteiger partial charge in [0.2, 0.25) is 5.91 Å². The van der Waals surface area contributed by atoms with Crippen LogP contribution in [0.5, 0.6) is 0 Å². The van der Waals surface area contributed by atoms with Crippen molar-refractivity contribution in [2.75, 3.05) is 23.7 Å². The van der Waals surface area contributed by atoms with Crippen molar-refractivity contribution in [2.24, 2.45) is 0 Å². The Hall–Kier alpha value is -3.43. The van der Waals surface area contributed by atoms with Gasteiger partial charge in [-0.05, 0) is 38.1 Å². The second kappa shape index (κ2) is 9.38. The van der Waals surface area contributed by atoms with Crippen molar-refractivity contribution in [2.45, 2.75) is 20.0 Å². The number of ketones is 1. The monoisotopic (exact) mass is 425 g/mol. The molecule has 0 spiro atoms. The topological polar surface area (TPSA) is 87.3 Å². The van der Waals surface area contributed by atoms with E-state index in [0.717, 1.165) is 12.1 Å². The van der Waals surface area contributed by atoms with Gasteiger partial charge in [-0.1, -0.05) is 12.1 Å². The first-order valence-electron chi connectivity index (χ1n) is 8.76. The van der Waals surface area contributed by atoms with Gasteiger partial charge in [-0.15, -0.1) is 0 Å². The fraction of sp³-hybridized carbons (Fsp3) is 0.250. The molecule has 2 rings (SSSR count). The van der Waals surface area contributed by atoms with Crippen molar-refractivity contribution >= 4 is 29.0 Å². The number of hydrogen-bond donors (Lipinski definition) is 3. The molecule has 10 heteroatoms. The highest BCUT2D eigenvalue weighted by atomic mass is 19.4. The van der Waals surface area contributed by atoms with E-state index < -0.39 is 30.4 Å². The van der Waals surface area contributed by atoms with Gasteiger partial charge in [0.1, 0.15) is 12.4 Å². The molecule has 0 aliphatic carbocycles. The minimum absolute atomic E-state index is 0.0831. The number of carbonyl (C=O) groups excluding carboxylic acids is 3. The third-order valence-corrected chi connectivity index (χ3v) is 4.05. The number of alkyl halides is 3. The van der Waals surface area contributed by atoms with Gasteiger partial charge >= 0.3 is 6.18 Å². The zero-order valence-corrected chi connectivity index (χ0v) is 16.1. The summed E-state index contributed by atoms with van der Waals surface area (Å²) in [5.74, 6) is -2.59. The zero-order chi connectivity index (χ0) is 22.5. The van der Waals surface area contributed by atoms with Crippen molar-refractivity contribution < 1.29 is 31.9 Å². The van der Waals surface area contributed by atoms with E-state index in [1.54, 1.807) is 23.5 Å². The molecule has 2 amide bonds. The van der Waals surface area contributed by atoms with E-state index in [4.69, 9.17) is 0 Å². The van der Waals surface area contributed by atoms with Crippen molar-refractivity contribution in [1.82, 2.24) is 5.32 Å². The third kappa shape index (κ3) is 6.57. The van der Waals surface area contributed by atoms with Crippen LogP contribution in [0.1, 0.15) is 33.2 Å². The van der Waals surface area contributed by atoms with E-state index in [1.807, 2.05) is 0 Å². The molecule has 0 atom stereocenters. The van der Waals surface area contributed by atoms with Gasteiger partial charge in [0.25, 0.3) is 5.91 Å². The molecule has 0 fully saturated rings. The Kier molecular flexibility index (Phi) is 7.14. The Morgan fingerprint density at radius 2 is 1.73 bits per heavy atom. The molecule has 0 aliphatic heterocycles. The summed E-state index contributed by atoms with van der Waals surface area (Å²) in [6, 6.07) is 8.25. The van der Waals surface area contributed by atoms with Crippen LogP contribution >= 0.6 is 0 Å². The molecule has 0 radical (unpaired) electrons. The van der Waals surface area contributed by atoms with E-state index in [0.29, 0.717) is 11.3 Å². The molecule has 0 heterocycles. The lowest BCUT2D eigenvalue weighted by Crippen LogP contribution is -2.33. The molecule has 0 aliphatic rings. The molecule has 2 aromatic carbocycles. The van der Waals surface area contributed by atoms with Crippen molar-refractivity contribution in [3.05, 3.63) is 58.9 Å². The van der Waals surface area contributed by atoms with Crippen LogP contribution in [0.4, 0.5) is 28.9 Å². The summed E-state index contributed by atoms with van der Waals surface area (Å²) in [6.45, 7) is 0.922. The fourth-order valence-corrected chi connectivity index (χ4v) is 2.47. The molecule has 30 heavy (non-hydrogen) atoms. The Bertz CT molecular complexity index is 974. The smallest absolute Gasteiger partial charge is 0.376 e. The minimum Gasteiger partial charge on any atom is -0.376 e. The van der Waals surface area contributed by atoms with Gasteiger partial charge in [-0.2, -0.15) is 13.2 Å². The highest BCUT2D eigenvalue weighted by molar-refractivity contribution is 5.98. The van der Waals surface area contributed by atoms with Crippen LogP contribution < -0.4 is 16.0 Å². The largest absolute Gasteiger partial charge is 0.405 e. The Labute approximate surface area is 169 Å². The average Bonchev–Trinajstić information content (AvgIpc) is 2.66. The number of Topliss-reactive ketones (excluding diaryl/α,β-unsaturated/α-hetero) is 1. The lowest BCUT2D eigenvalue weighted by atomic mass is 10.1. The summed E-state index contributed by atoms with van der Waals surface area (Å²) in [5.41, 5.74) is 0.655. The molecule has 160 valence electrons. The fourth-order valence-electron chi connectivity index (χ4n) is 2.47. The first-order chi connectivity index (χ1) is 14.0. The normalized spacial score (nSPS) is 11.0. The Morgan fingerprint density at radius 1 is 1.03 bits per heavy atom. The number of halogens is 4. The average molecular weight is 425 g/mol. The highest BCUT2D eigenvalue weighted by Crippen LogP contribution is 2.21. The first-order valence-corrected chi connectivity index (χ1v) is 8.76. The van der Waals surface area contributed by atoms with E-state index in [2.05, 4.69) is 10.6 Å². The van der Waals surface area contributed by atoms with Crippen LogP contribution in [-0.2, 0) is 4.79 Å². The molecule has 0 aromatic heterocycles. The maximum atomic E-state index is 14.1. The predicted molar refractivity (Wildman–Crippen MR) is 103 cm³/mol. The van der Waals surface area contributed by atoms with Crippen LogP contribution in [0, 0.1) is 12.7 Å². The number of nitrogens with one attached hydrogen (secondary N) is 3. The van der Waals surface area contributed by atoms with Crippen LogP contribution in [0.15, 0.2) is 36.4 Å². The lowest BCUT2D eigenvalue weighted by molar-refractivity contribution is -0.123.